The van der Waals surface area contributed by atoms with E-state index in [-0.39, 0.29) is 29.6 Å². The molecular formula is C8H13NaO4. The Morgan fingerprint density at radius 3 is 2.38 bits per heavy atom. The van der Waals surface area contributed by atoms with Gasteiger partial charge in [-0.1, -0.05) is 19.8 Å². The molecule has 0 bridgehead atoms. The van der Waals surface area contributed by atoms with Crippen LogP contribution in [-0.4, -0.2) is 18.5 Å². The number of esters is 1. The molecule has 0 atom stereocenters. The van der Waals surface area contributed by atoms with Crippen LogP contribution < -0.4 is 34.7 Å². The van der Waals surface area contributed by atoms with Crippen LogP contribution in [0, 0.1) is 0 Å². The van der Waals surface area contributed by atoms with Gasteiger partial charge < -0.3 is 14.6 Å². The SMILES string of the molecule is CCCCCC(=O)OCC(=O)[O-].[Na+]. The number of carboxylic acids is 1. The van der Waals surface area contributed by atoms with Crippen molar-refractivity contribution in [2.24, 2.45) is 0 Å². The summed E-state index contributed by atoms with van der Waals surface area (Å²) in [5.41, 5.74) is 0. The second kappa shape index (κ2) is 10.0. The van der Waals surface area contributed by atoms with Crippen molar-refractivity contribution < 1.29 is 49.0 Å². The van der Waals surface area contributed by atoms with Gasteiger partial charge in [-0.05, 0) is 6.42 Å². The molecule has 0 aromatic carbocycles. The maximum Gasteiger partial charge on any atom is 1.00 e. The number of aliphatic carboxylic acids is 1. The monoisotopic (exact) mass is 196 g/mol. The van der Waals surface area contributed by atoms with Crippen LogP contribution in [-0.2, 0) is 14.3 Å². The second-order valence-electron chi connectivity index (χ2n) is 2.49. The Morgan fingerprint density at radius 2 is 1.92 bits per heavy atom. The maximum absolute atomic E-state index is 10.7. The number of unbranched alkanes of at least 4 members (excludes halogenated alkanes) is 2. The van der Waals surface area contributed by atoms with Crippen LogP contribution in [0.3, 0.4) is 0 Å². The van der Waals surface area contributed by atoms with Gasteiger partial charge in [-0.25, -0.2) is 0 Å². The first-order valence-electron chi connectivity index (χ1n) is 4.02. The fraction of sp³-hybridized carbons (Fsp3) is 0.750. The van der Waals surface area contributed by atoms with Crippen molar-refractivity contribution in [3.8, 4) is 0 Å². The maximum atomic E-state index is 10.7. The van der Waals surface area contributed by atoms with Crippen molar-refractivity contribution in [2.75, 3.05) is 6.61 Å². The molecule has 0 heterocycles. The van der Waals surface area contributed by atoms with Crippen molar-refractivity contribution in [3.63, 3.8) is 0 Å². The van der Waals surface area contributed by atoms with E-state index < -0.39 is 18.5 Å². The van der Waals surface area contributed by atoms with Crippen LogP contribution >= 0.6 is 0 Å². The summed E-state index contributed by atoms with van der Waals surface area (Å²) in [6.07, 6.45) is 3.03. The van der Waals surface area contributed by atoms with Crippen molar-refractivity contribution >= 4 is 11.9 Å². The predicted molar refractivity (Wildman–Crippen MR) is 40.1 cm³/mol. The van der Waals surface area contributed by atoms with E-state index >= 15 is 0 Å². The normalized spacial score (nSPS) is 8.69. The van der Waals surface area contributed by atoms with E-state index in [4.69, 9.17) is 0 Å². The molecule has 0 rings (SSSR count). The Hall–Kier alpha value is -0.0600. The van der Waals surface area contributed by atoms with Crippen molar-refractivity contribution in [1.29, 1.82) is 0 Å². The summed E-state index contributed by atoms with van der Waals surface area (Å²) < 4.78 is 4.35. The van der Waals surface area contributed by atoms with Crippen LogP contribution in [0.1, 0.15) is 32.6 Å². The van der Waals surface area contributed by atoms with Crippen LogP contribution in [0.2, 0.25) is 0 Å². The van der Waals surface area contributed by atoms with E-state index in [0.717, 1.165) is 19.3 Å². The van der Waals surface area contributed by atoms with E-state index in [1.54, 1.807) is 0 Å². The molecule has 0 saturated carbocycles. The largest absolute Gasteiger partial charge is 1.00 e. The van der Waals surface area contributed by atoms with Gasteiger partial charge in [0, 0.05) is 6.42 Å². The van der Waals surface area contributed by atoms with Gasteiger partial charge >= 0.3 is 35.5 Å². The zero-order chi connectivity index (χ0) is 9.40. The molecule has 0 aliphatic carbocycles. The summed E-state index contributed by atoms with van der Waals surface area (Å²) in [6.45, 7) is 1.39. The molecule has 0 radical (unpaired) electrons. The van der Waals surface area contributed by atoms with Gasteiger partial charge in [-0.3, -0.25) is 4.79 Å². The summed E-state index contributed by atoms with van der Waals surface area (Å²) in [5.74, 6) is -1.83. The fourth-order valence-corrected chi connectivity index (χ4v) is 0.731. The molecule has 0 N–H and O–H groups in total. The first kappa shape index (κ1) is 15.4. The van der Waals surface area contributed by atoms with Crippen molar-refractivity contribution in [3.05, 3.63) is 0 Å². The van der Waals surface area contributed by atoms with E-state index in [9.17, 15) is 14.7 Å². The Bertz CT molecular complexity index is 158. The number of carbonyl (C=O) groups excluding carboxylic acids is 2. The molecule has 0 saturated heterocycles. The molecular weight excluding hydrogens is 183 g/mol. The molecule has 0 aliphatic heterocycles. The molecule has 4 nitrogen and oxygen atoms in total. The molecule has 0 aromatic heterocycles. The van der Waals surface area contributed by atoms with E-state index in [1.165, 1.54) is 0 Å². The average Bonchev–Trinajstić information content (AvgIpc) is 2.01. The first-order valence-corrected chi connectivity index (χ1v) is 4.02. The fourth-order valence-electron chi connectivity index (χ4n) is 0.731. The molecule has 0 amide bonds. The smallest absolute Gasteiger partial charge is 0.546 e. The number of rotatable bonds is 6. The van der Waals surface area contributed by atoms with Gasteiger partial charge in [0.05, 0.1) is 5.97 Å². The van der Waals surface area contributed by atoms with Crippen LogP contribution in [0.25, 0.3) is 0 Å². The van der Waals surface area contributed by atoms with Gasteiger partial charge in [-0.2, -0.15) is 0 Å². The molecule has 0 unspecified atom stereocenters. The second-order valence-corrected chi connectivity index (χ2v) is 2.49. The molecule has 5 heteroatoms. The van der Waals surface area contributed by atoms with E-state index in [2.05, 4.69) is 4.74 Å². The molecule has 70 valence electrons. The van der Waals surface area contributed by atoms with Gasteiger partial charge in [0.15, 0.2) is 0 Å². The molecule has 0 fully saturated rings. The van der Waals surface area contributed by atoms with Gasteiger partial charge in [-0.15, -0.1) is 0 Å². The molecule has 0 spiro atoms. The number of hydrogen-bond donors (Lipinski definition) is 0. The Morgan fingerprint density at radius 1 is 1.31 bits per heavy atom. The minimum atomic E-state index is -1.36. The third kappa shape index (κ3) is 11.9. The predicted octanol–water partition coefficient (Wildman–Crippen LogP) is -3.14. The minimum absolute atomic E-state index is 0. The third-order valence-corrected chi connectivity index (χ3v) is 1.34. The van der Waals surface area contributed by atoms with Gasteiger partial charge in [0.1, 0.15) is 6.61 Å². The van der Waals surface area contributed by atoms with Crippen LogP contribution in [0.4, 0.5) is 0 Å². The minimum Gasteiger partial charge on any atom is -0.546 e. The number of carboxylic acid groups (broad SMARTS) is 1. The summed E-state index contributed by atoms with van der Waals surface area (Å²) in [7, 11) is 0. The zero-order valence-corrected chi connectivity index (χ0v) is 10.2. The van der Waals surface area contributed by atoms with Crippen molar-refractivity contribution in [1.82, 2.24) is 0 Å². The quantitative estimate of drug-likeness (QED) is 0.256. The number of hydrogen-bond acceptors (Lipinski definition) is 4. The zero-order valence-electron chi connectivity index (χ0n) is 8.17. The van der Waals surface area contributed by atoms with Crippen LogP contribution in [0.5, 0.6) is 0 Å². The summed E-state index contributed by atoms with van der Waals surface area (Å²) >= 11 is 0. The Labute approximate surface area is 99.9 Å². The average molecular weight is 196 g/mol. The van der Waals surface area contributed by atoms with Gasteiger partial charge in [0.2, 0.25) is 0 Å². The first-order chi connectivity index (χ1) is 5.66. The Balaban J connectivity index is 0. The van der Waals surface area contributed by atoms with Gasteiger partial charge in [0.25, 0.3) is 0 Å². The third-order valence-electron chi connectivity index (χ3n) is 1.34. The number of ether oxygens (including phenoxy) is 1. The standard InChI is InChI=1S/C8H14O4.Na/c1-2-3-4-5-8(11)12-6-7(9)10;/h2-6H2,1H3,(H,9,10);/q;+1/p-1. The van der Waals surface area contributed by atoms with Crippen molar-refractivity contribution in [2.45, 2.75) is 32.6 Å². The molecule has 0 aromatic rings. The molecule has 13 heavy (non-hydrogen) atoms. The van der Waals surface area contributed by atoms with E-state index in [0.29, 0.717) is 6.42 Å². The summed E-state index contributed by atoms with van der Waals surface area (Å²) in [4.78, 5) is 20.6. The van der Waals surface area contributed by atoms with E-state index in [1.807, 2.05) is 6.92 Å². The molecule has 0 aliphatic rings. The van der Waals surface area contributed by atoms with Crippen LogP contribution in [0.15, 0.2) is 0 Å². The Kier molecular flexibility index (Phi) is 11.9. The number of carbonyl (C=O) groups is 2. The summed E-state index contributed by atoms with van der Waals surface area (Å²) in [6, 6.07) is 0. The topological polar surface area (TPSA) is 66.4 Å². The summed E-state index contributed by atoms with van der Waals surface area (Å²) in [5, 5.41) is 9.85.